The van der Waals surface area contributed by atoms with Crippen LogP contribution in [0.4, 0.5) is 0 Å². The summed E-state index contributed by atoms with van der Waals surface area (Å²) in [6.07, 6.45) is 0. The van der Waals surface area contributed by atoms with E-state index < -0.39 is 0 Å². The van der Waals surface area contributed by atoms with Gasteiger partial charge < -0.3 is 15.7 Å². The molecule has 1 rings (SSSR count). The van der Waals surface area contributed by atoms with Crippen LogP contribution in [0.15, 0.2) is 28.7 Å². The molecule has 2 atom stereocenters. The second-order valence-corrected chi connectivity index (χ2v) is 5.62. The van der Waals surface area contributed by atoms with Crippen molar-refractivity contribution in [3.05, 3.63) is 34.3 Å². The summed E-state index contributed by atoms with van der Waals surface area (Å²) < 4.78 is 0.806. The van der Waals surface area contributed by atoms with E-state index in [0.29, 0.717) is 5.56 Å². The smallest absolute Gasteiger partial charge is 0.251 e. The number of rotatable bonds is 6. The highest BCUT2D eigenvalue weighted by Crippen LogP contribution is 2.11. The molecule has 0 aliphatic heterocycles. The van der Waals surface area contributed by atoms with E-state index in [2.05, 4.69) is 26.6 Å². The number of benzene rings is 1. The van der Waals surface area contributed by atoms with Crippen LogP contribution in [0.2, 0.25) is 0 Å². The first-order chi connectivity index (χ1) is 9.43. The summed E-state index contributed by atoms with van der Waals surface area (Å²) in [7, 11) is 0. The molecule has 110 valence electrons. The number of aliphatic hydroxyl groups excluding tert-OH is 1. The molecule has 20 heavy (non-hydrogen) atoms. The van der Waals surface area contributed by atoms with Crippen LogP contribution in [0, 0.1) is 5.92 Å². The predicted octanol–water partition coefficient (Wildman–Crippen LogP) is 1.31. The SMILES string of the molecule is CC(CO)C(C)NC(=O)CNC(=O)c1cccc(Br)c1. The van der Waals surface area contributed by atoms with Crippen LogP contribution in [0.1, 0.15) is 24.2 Å². The fourth-order valence-electron chi connectivity index (χ4n) is 1.50. The van der Waals surface area contributed by atoms with Crippen molar-refractivity contribution in [2.45, 2.75) is 19.9 Å². The summed E-state index contributed by atoms with van der Waals surface area (Å²) in [5, 5.41) is 14.3. The summed E-state index contributed by atoms with van der Waals surface area (Å²) in [6.45, 7) is 3.57. The third-order valence-electron chi connectivity index (χ3n) is 3.03. The van der Waals surface area contributed by atoms with Crippen molar-refractivity contribution in [2.75, 3.05) is 13.2 Å². The van der Waals surface area contributed by atoms with Crippen molar-refractivity contribution >= 4 is 27.7 Å². The van der Waals surface area contributed by atoms with Gasteiger partial charge in [-0.2, -0.15) is 0 Å². The molecule has 0 fully saturated rings. The lowest BCUT2D eigenvalue weighted by Crippen LogP contribution is -2.43. The van der Waals surface area contributed by atoms with E-state index in [1.165, 1.54) is 0 Å². The molecule has 2 amide bonds. The van der Waals surface area contributed by atoms with Gasteiger partial charge in [-0.15, -0.1) is 0 Å². The van der Waals surface area contributed by atoms with Crippen LogP contribution in [0.3, 0.4) is 0 Å². The van der Waals surface area contributed by atoms with Crippen molar-refractivity contribution < 1.29 is 14.7 Å². The van der Waals surface area contributed by atoms with Crippen molar-refractivity contribution in [1.29, 1.82) is 0 Å². The summed E-state index contributed by atoms with van der Waals surface area (Å²) in [5.74, 6) is -0.606. The average Bonchev–Trinajstić information content (AvgIpc) is 2.43. The van der Waals surface area contributed by atoms with Gasteiger partial charge in [0.2, 0.25) is 5.91 Å². The molecule has 1 aromatic carbocycles. The summed E-state index contributed by atoms with van der Waals surface area (Å²) >= 11 is 3.28. The van der Waals surface area contributed by atoms with Crippen molar-refractivity contribution in [3.63, 3.8) is 0 Å². The Morgan fingerprint density at radius 1 is 1.35 bits per heavy atom. The Balaban J connectivity index is 2.43. The average molecular weight is 343 g/mol. The Hall–Kier alpha value is -1.40. The highest BCUT2D eigenvalue weighted by atomic mass is 79.9. The van der Waals surface area contributed by atoms with Gasteiger partial charge in [0.05, 0.1) is 6.54 Å². The first-order valence-electron chi connectivity index (χ1n) is 6.38. The molecule has 0 radical (unpaired) electrons. The number of carbonyl (C=O) groups is 2. The van der Waals surface area contributed by atoms with Gasteiger partial charge in [0, 0.05) is 22.7 Å². The highest BCUT2D eigenvalue weighted by molar-refractivity contribution is 9.10. The molecule has 0 saturated carbocycles. The van der Waals surface area contributed by atoms with Gasteiger partial charge in [-0.1, -0.05) is 28.9 Å². The van der Waals surface area contributed by atoms with E-state index in [9.17, 15) is 9.59 Å². The Labute approximate surface area is 126 Å². The van der Waals surface area contributed by atoms with Gasteiger partial charge in [-0.3, -0.25) is 9.59 Å². The summed E-state index contributed by atoms with van der Waals surface area (Å²) in [4.78, 5) is 23.5. The fourth-order valence-corrected chi connectivity index (χ4v) is 1.90. The number of hydrogen-bond donors (Lipinski definition) is 3. The van der Waals surface area contributed by atoms with Crippen LogP contribution < -0.4 is 10.6 Å². The number of aliphatic hydroxyl groups is 1. The normalized spacial score (nSPS) is 13.4. The second kappa shape index (κ2) is 8.01. The molecule has 0 aromatic heterocycles. The maximum absolute atomic E-state index is 11.8. The summed E-state index contributed by atoms with van der Waals surface area (Å²) in [5.41, 5.74) is 0.490. The monoisotopic (exact) mass is 342 g/mol. The molecule has 5 nitrogen and oxygen atoms in total. The van der Waals surface area contributed by atoms with Crippen LogP contribution in [0.25, 0.3) is 0 Å². The van der Waals surface area contributed by atoms with Crippen LogP contribution in [-0.4, -0.2) is 36.1 Å². The molecule has 6 heteroatoms. The topological polar surface area (TPSA) is 78.4 Å². The predicted molar refractivity (Wildman–Crippen MR) is 80.3 cm³/mol. The van der Waals surface area contributed by atoms with Crippen molar-refractivity contribution in [2.24, 2.45) is 5.92 Å². The van der Waals surface area contributed by atoms with Gasteiger partial charge in [0.15, 0.2) is 0 Å². The number of carbonyl (C=O) groups excluding carboxylic acids is 2. The zero-order chi connectivity index (χ0) is 15.1. The maximum Gasteiger partial charge on any atom is 0.251 e. The number of amides is 2. The first kappa shape index (κ1) is 16.7. The molecule has 1 aromatic rings. The van der Waals surface area contributed by atoms with Gasteiger partial charge in [-0.05, 0) is 31.0 Å². The van der Waals surface area contributed by atoms with Gasteiger partial charge >= 0.3 is 0 Å². The minimum atomic E-state index is -0.302. The fraction of sp³-hybridized carbons (Fsp3) is 0.429. The standard InChI is InChI=1S/C14H19BrN2O3/c1-9(8-18)10(2)17-13(19)7-16-14(20)11-4-3-5-12(15)6-11/h3-6,9-10,18H,7-8H2,1-2H3,(H,16,20)(H,17,19). The molecule has 0 aliphatic carbocycles. The molecule has 0 heterocycles. The molecule has 2 unspecified atom stereocenters. The van der Waals surface area contributed by atoms with E-state index >= 15 is 0 Å². The minimum absolute atomic E-state index is 0.00580. The van der Waals surface area contributed by atoms with E-state index in [0.717, 1.165) is 4.47 Å². The summed E-state index contributed by atoms with van der Waals surface area (Å²) in [6, 6.07) is 6.79. The van der Waals surface area contributed by atoms with Crippen LogP contribution >= 0.6 is 15.9 Å². The second-order valence-electron chi connectivity index (χ2n) is 4.71. The third-order valence-corrected chi connectivity index (χ3v) is 3.52. The lowest BCUT2D eigenvalue weighted by molar-refractivity contribution is -0.121. The molecule has 0 spiro atoms. The highest BCUT2D eigenvalue weighted by Gasteiger charge is 2.14. The Morgan fingerprint density at radius 2 is 2.05 bits per heavy atom. The Morgan fingerprint density at radius 3 is 2.65 bits per heavy atom. The zero-order valence-electron chi connectivity index (χ0n) is 11.5. The number of nitrogens with one attached hydrogen (secondary N) is 2. The Bertz CT molecular complexity index is 479. The molecule has 0 aliphatic rings. The largest absolute Gasteiger partial charge is 0.396 e. The lowest BCUT2D eigenvalue weighted by Gasteiger charge is -2.19. The van der Waals surface area contributed by atoms with Crippen molar-refractivity contribution in [1.82, 2.24) is 10.6 Å². The first-order valence-corrected chi connectivity index (χ1v) is 7.17. The van der Waals surface area contributed by atoms with Crippen LogP contribution in [-0.2, 0) is 4.79 Å². The number of halogens is 1. The number of hydrogen-bond acceptors (Lipinski definition) is 3. The quantitative estimate of drug-likeness (QED) is 0.729. The van der Waals surface area contributed by atoms with Crippen LogP contribution in [0.5, 0.6) is 0 Å². The molecule has 3 N–H and O–H groups in total. The third kappa shape index (κ3) is 5.30. The van der Waals surface area contributed by atoms with E-state index in [1.807, 2.05) is 19.9 Å². The van der Waals surface area contributed by atoms with E-state index in [4.69, 9.17) is 5.11 Å². The van der Waals surface area contributed by atoms with Crippen molar-refractivity contribution in [3.8, 4) is 0 Å². The van der Waals surface area contributed by atoms with E-state index in [-0.39, 0.29) is 36.9 Å². The molecular weight excluding hydrogens is 324 g/mol. The van der Waals surface area contributed by atoms with Gasteiger partial charge in [-0.25, -0.2) is 0 Å². The minimum Gasteiger partial charge on any atom is -0.396 e. The lowest BCUT2D eigenvalue weighted by atomic mass is 10.1. The molecular formula is C14H19BrN2O3. The molecule has 0 saturated heterocycles. The molecule has 0 bridgehead atoms. The van der Waals surface area contributed by atoms with E-state index in [1.54, 1.807) is 18.2 Å². The van der Waals surface area contributed by atoms with Gasteiger partial charge in [0.1, 0.15) is 0 Å². The Kier molecular flexibility index (Phi) is 6.67. The maximum atomic E-state index is 11.8. The zero-order valence-corrected chi connectivity index (χ0v) is 13.1. The van der Waals surface area contributed by atoms with Gasteiger partial charge in [0.25, 0.3) is 5.91 Å².